The molecule has 0 heterocycles. The molecule has 0 aromatic carbocycles. The number of phosphoric ester groups is 1. The van der Waals surface area contributed by atoms with Crippen molar-refractivity contribution in [2.45, 2.75) is 39.2 Å². The van der Waals surface area contributed by atoms with Gasteiger partial charge in [-0.15, -0.1) is 0 Å². The maximum Gasteiger partial charge on any atom is 0.472 e. The molecule has 3 N–H and O–H groups in total. The summed E-state index contributed by atoms with van der Waals surface area (Å²) in [5.41, 5.74) is 5.15. The summed E-state index contributed by atoms with van der Waals surface area (Å²) in [5, 5.41) is 0. The lowest BCUT2D eigenvalue weighted by Crippen LogP contribution is -2.29. The van der Waals surface area contributed by atoms with Crippen LogP contribution in [0.4, 0.5) is 0 Å². The highest BCUT2D eigenvalue weighted by Gasteiger charge is 2.25. The van der Waals surface area contributed by atoms with Crippen molar-refractivity contribution >= 4 is 19.8 Å². The number of hydrogen-bond donors (Lipinski definition) is 2. The number of carbonyl (C=O) groups excluding carboxylic acids is 2. The molecule has 0 aliphatic rings. The summed E-state index contributed by atoms with van der Waals surface area (Å²) < 4.78 is 30.5. The fourth-order valence-electron chi connectivity index (χ4n) is 1.28. The summed E-state index contributed by atoms with van der Waals surface area (Å²) in [5.74, 6) is -1.07. The lowest BCUT2D eigenvalue weighted by atomic mass is 10.2. The van der Waals surface area contributed by atoms with E-state index in [2.05, 4.69) is 4.52 Å². The van der Waals surface area contributed by atoms with Crippen LogP contribution in [0.5, 0.6) is 0 Å². The molecule has 9 nitrogen and oxygen atoms in total. The smallest absolute Gasteiger partial charge is 0.462 e. The maximum atomic E-state index is 11.6. The molecule has 0 aliphatic carbocycles. The minimum Gasteiger partial charge on any atom is -0.462 e. The number of ether oxygens (including phenoxy) is 2. The summed E-state index contributed by atoms with van der Waals surface area (Å²) in [4.78, 5) is 31.7. The largest absolute Gasteiger partial charge is 0.472 e. The third-order valence-electron chi connectivity index (χ3n) is 2.30. The molecule has 0 saturated heterocycles. The normalized spacial score (nSPS) is 14.9. The Labute approximate surface area is 129 Å². The van der Waals surface area contributed by atoms with Gasteiger partial charge in [-0.3, -0.25) is 18.6 Å². The molecule has 10 heteroatoms. The highest BCUT2D eigenvalue weighted by molar-refractivity contribution is 7.47. The van der Waals surface area contributed by atoms with Crippen molar-refractivity contribution in [2.24, 2.45) is 5.73 Å². The molecule has 0 aliphatic heterocycles. The van der Waals surface area contributed by atoms with Crippen molar-refractivity contribution < 1.29 is 37.6 Å². The number of carbonyl (C=O) groups is 2. The zero-order valence-electron chi connectivity index (χ0n) is 12.9. The Kier molecular flexibility index (Phi) is 11.0. The zero-order chi connectivity index (χ0) is 17.0. The number of esters is 2. The van der Waals surface area contributed by atoms with Crippen LogP contribution in [0.25, 0.3) is 0 Å². The Morgan fingerprint density at radius 3 is 2.50 bits per heavy atom. The molecule has 0 bridgehead atoms. The average Bonchev–Trinajstić information content (AvgIpc) is 2.45. The highest BCUT2D eigenvalue weighted by atomic mass is 31.2. The predicted molar refractivity (Wildman–Crippen MR) is 76.8 cm³/mol. The molecule has 0 spiro atoms. The Balaban J connectivity index is 4.42. The van der Waals surface area contributed by atoms with E-state index in [1.807, 2.05) is 6.92 Å². The molecule has 0 radical (unpaired) electrons. The molecular formula is C12H24NO8P. The molecule has 0 saturated carbocycles. The third kappa shape index (κ3) is 11.6. The molecule has 0 rings (SSSR count). The number of phosphoric acid groups is 1. The van der Waals surface area contributed by atoms with Crippen molar-refractivity contribution in [3.63, 3.8) is 0 Å². The molecule has 2 unspecified atom stereocenters. The molecule has 0 amide bonds. The first kappa shape index (κ1) is 21.0. The van der Waals surface area contributed by atoms with Gasteiger partial charge in [-0.05, 0) is 6.42 Å². The van der Waals surface area contributed by atoms with Gasteiger partial charge in [0.2, 0.25) is 0 Å². The van der Waals surface area contributed by atoms with E-state index in [1.165, 1.54) is 6.92 Å². The monoisotopic (exact) mass is 341 g/mol. The Bertz CT molecular complexity index is 389. The number of unbranched alkanes of at least 4 members (excludes halogenated alkanes) is 1. The lowest BCUT2D eigenvalue weighted by Gasteiger charge is -2.19. The van der Waals surface area contributed by atoms with Crippen molar-refractivity contribution in [1.29, 1.82) is 0 Å². The van der Waals surface area contributed by atoms with Crippen LogP contribution in [0.3, 0.4) is 0 Å². The Hall–Kier alpha value is -0.990. The first-order chi connectivity index (χ1) is 10.3. The van der Waals surface area contributed by atoms with Crippen LogP contribution in [-0.2, 0) is 32.7 Å². The standard InChI is InChI=1S/C12H24NO8P/c1-3-4-5-12(15)21-11(8-18-10(2)14)9-20-22(16,17)19-7-6-13/h11H,3-9,13H2,1-2H3,(H,16,17). The predicted octanol–water partition coefficient (Wildman–Crippen LogP) is 0.744. The summed E-state index contributed by atoms with van der Waals surface area (Å²) >= 11 is 0. The van der Waals surface area contributed by atoms with E-state index in [9.17, 15) is 19.0 Å². The Morgan fingerprint density at radius 1 is 1.27 bits per heavy atom. The zero-order valence-corrected chi connectivity index (χ0v) is 13.8. The number of nitrogens with two attached hydrogens (primary N) is 1. The van der Waals surface area contributed by atoms with E-state index in [4.69, 9.17) is 19.7 Å². The summed E-state index contributed by atoms with van der Waals surface area (Å²) in [6.07, 6.45) is 0.681. The minimum atomic E-state index is -4.29. The number of hydrogen-bond acceptors (Lipinski definition) is 8. The second kappa shape index (κ2) is 11.6. The van der Waals surface area contributed by atoms with E-state index in [0.717, 1.165) is 6.42 Å². The van der Waals surface area contributed by atoms with Crippen LogP contribution in [-0.4, -0.2) is 49.3 Å². The highest BCUT2D eigenvalue weighted by Crippen LogP contribution is 2.42. The SMILES string of the molecule is CCCCC(=O)OC(COC(C)=O)COP(=O)(O)OCCN. The Morgan fingerprint density at radius 2 is 1.95 bits per heavy atom. The van der Waals surface area contributed by atoms with Crippen molar-refractivity contribution in [1.82, 2.24) is 0 Å². The molecule has 0 aromatic rings. The number of rotatable bonds is 12. The average molecular weight is 341 g/mol. The summed E-state index contributed by atoms with van der Waals surface area (Å²) in [6.45, 7) is 2.30. The van der Waals surface area contributed by atoms with Crippen LogP contribution in [0.15, 0.2) is 0 Å². The molecule has 0 aromatic heterocycles. The molecule has 2 atom stereocenters. The van der Waals surface area contributed by atoms with Crippen LogP contribution in [0.1, 0.15) is 33.1 Å². The van der Waals surface area contributed by atoms with Crippen LogP contribution < -0.4 is 5.73 Å². The second-order valence-electron chi connectivity index (χ2n) is 4.40. The quantitative estimate of drug-likeness (QED) is 0.389. The summed E-state index contributed by atoms with van der Waals surface area (Å²) in [6, 6.07) is 0. The molecule has 130 valence electrons. The fourth-order valence-corrected chi connectivity index (χ4v) is 2.04. The van der Waals surface area contributed by atoms with Gasteiger partial charge in [0.15, 0.2) is 6.10 Å². The summed E-state index contributed by atoms with van der Waals surface area (Å²) in [7, 11) is -4.29. The molecule has 22 heavy (non-hydrogen) atoms. The van der Waals surface area contributed by atoms with Crippen LogP contribution >= 0.6 is 7.82 Å². The van der Waals surface area contributed by atoms with Crippen LogP contribution in [0, 0.1) is 0 Å². The second-order valence-corrected chi connectivity index (χ2v) is 5.86. The lowest BCUT2D eigenvalue weighted by molar-refractivity contribution is -0.160. The first-order valence-corrected chi connectivity index (χ1v) is 8.45. The van der Waals surface area contributed by atoms with Crippen LogP contribution in [0.2, 0.25) is 0 Å². The topological polar surface area (TPSA) is 134 Å². The molecular weight excluding hydrogens is 317 g/mol. The van der Waals surface area contributed by atoms with E-state index in [1.54, 1.807) is 0 Å². The maximum absolute atomic E-state index is 11.6. The van der Waals surface area contributed by atoms with Gasteiger partial charge in [-0.2, -0.15) is 0 Å². The minimum absolute atomic E-state index is 0.0524. The fraction of sp³-hybridized carbons (Fsp3) is 0.833. The van der Waals surface area contributed by atoms with E-state index >= 15 is 0 Å². The van der Waals surface area contributed by atoms with E-state index in [-0.39, 0.29) is 26.2 Å². The van der Waals surface area contributed by atoms with E-state index < -0.39 is 32.5 Å². The van der Waals surface area contributed by atoms with Gasteiger partial charge >= 0.3 is 19.8 Å². The van der Waals surface area contributed by atoms with Gasteiger partial charge < -0.3 is 20.1 Å². The van der Waals surface area contributed by atoms with Gasteiger partial charge in [0, 0.05) is 19.9 Å². The van der Waals surface area contributed by atoms with Gasteiger partial charge in [0.1, 0.15) is 6.61 Å². The van der Waals surface area contributed by atoms with Crippen molar-refractivity contribution in [3.8, 4) is 0 Å². The van der Waals surface area contributed by atoms with E-state index in [0.29, 0.717) is 6.42 Å². The molecule has 0 fully saturated rings. The third-order valence-corrected chi connectivity index (χ3v) is 3.29. The van der Waals surface area contributed by atoms with Crippen molar-refractivity contribution in [3.05, 3.63) is 0 Å². The first-order valence-electron chi connectivity index (χ1n) is 6.95. The van der Waals surface area contributed by atoms with Gasteiger partial charge in [-0.25, -0.2) is 4.57 Å². The van der Waals surface area contributed by atoms with Crippen molar-refractivity contribution in [2.75, 3.05) is 26.4 Å². The van der Waals surface area contributed by atoms with Gasteiger partial charge in [0.05, 0.1) is 13.2 Å². The van der Waals surface area contributed by atoms with Gasteiger partial charge in [0.25, 0.3) is 0 Å². The van der Waals surface area contributed by atoms with Gasteiger partial charge in [-0.1, -0.05) is 13.3 Å².